The van der Waals surface area contributed by atoms with Gasteiger partial charge < -0.3 is 0 Å². The van der Waals surface area contributed by atoms with Crippen LogP contribution in [-0.4, -0.2) is 15.0 Å². The van der Waals surface area contributed by atoms with Gasteiger partial charge in [-0.2, -0.15) is 11.8 Å². The van der Waals surface area contributed by atoms with E-state index < -0.39 is 0 Å². The lowest BCUT2D eigenvalue weighted by Crippen LogP contribution is -1.97. The Hall–Kier alpha value is -0.650. The number of fused-ring (bicyclic) bond motifs is 1. The number of thioether (sulfide) groups is 1. The summed E-state index contributed by atoms with van der Waals surface area (Å²) < 4.78 is 0.907. The number of halogens is 2. The van der Waals surface area contributed by atoms with Crippen LogP contribution in [-0.2, 0) is 11.5 Å². The topological polar surface area (TPSA) is 38.7 Å². The highest BCUT2D eigenvalue weighted by Gasteiger charge is 2.19. The lowest BCUT2D eigenvalue weighted by atomic mass is 10.2. The predicted octanol–water partition coefficient (Wildman–Crippen LogP) is 3.70. The first-order chi connectivity index (χ1) is 8.24. The minimum Gasteiger partial charge on any atom is -0.263 e. The Bertz CT molecular complexity index is 591. The van der Waals surface area contributed by atoms with Gasteiger partial charge in [0, 0.05) is 39.5 Å². The van der Waals surface area contributed by atoms with E-state index in [9.17, 15) is 0 Å². The van der Waals surface area contributed by atoms with Crippen molar-refractivity contribution in [2.45, 2.75) is 11.5 Å². The number of nitrogens with zero attached hydrogens (tertiary/aromatic N) is 3. The lowest BCUT2D eigenvalue weighted by Gasteiger charge is -2.05. The van der Waals surface area contributed by atoms with Crippen LogP contribution in [0, 0.1) is 0 Å². The fraction of sp³-hybridized carbons (Fsp3) is 0.182. The summed E-state index contributed by atoms with van der Waals surface area (Å²) in [6.45, 7) is 0. The highest BCUT2D eigenvalue weighted by Crippen LogP contribution is 2.34. The van der Waals surface area contributed by atoms with Gasteiger partial charge >= 0.3 is 0 Å². The summed E-state index contributed by atoms with van der Waals surface area (Å²) in [6, 6.07) is 1.94. The molecule has 0 atom stereocenters. The van der Waals surface area contributed by atoms with Gasteiger partial charge in [0.1, 0.15) is 5.15 Å². The molecule has 0 saturated heterocycles. The molecule has 3 heterocycles. The van der Waals surface area contributed by atoms with Crippen LogP contribution in [0.4, 0.5) is 0 Å². The predicted molar refractivity (Wildman–Crippen MR) is 73.0 cm³/mol. The fourth-order valence-corrected chi connectivity index (χ4v) is 3.42. The van der Waals surface area contributed by atoms with Crippen molar-refractivity contribution in [2.75, 3.05) is 0 Å². The SMILES string of the molecule is Clc1nc(-c2cncc(Br)c2)nc2c1CSC2. The van der Waals surface area contributed by atoms with Gasteiger partial charge in [-0.15, -0.1) is 0 Å². The molecular formula is C11H7BrClN3S. The Labute approximate surface area is 116 Å². The molecule has 0 unspecified atom stereocenters. The molecule has 3 rings (SSSR count). The van der Waals surface area contributed by atoms with Crippen LogP contribution in [0.25, 0.3) is 11.4 Å². The van der Waals surface area contributed by atoms with Crippen molar-refractivity contribution in [2.24, 2.45) is 0 Å². The summed E-state index contributed by atoms with van der Waals surface area (Å²) in [5.74, 6) is 2.46. The van der Waals surface area contributed by atoms with Crippen LogP contribution in [0.3, 0.4) is 0 Å². The van der Waals surface area contributed by atoms with Crippen molar-refractivity contribution >= 4 is 39.3 Å². The second kappa shape index (κ2) is 4.55. The minimum atomic E-state index is 0.565. The first-order valence-corrected chi connectivity index (χ1v) is 7.30. The molecule has 0 fully saturated rings. The first-order valence-electron chi connectivity index (χ1n) is 4.98. The Morgan fingerprint density at radius 1 is 1.24 bits per heavy atom. The van der Waals surface area contributed by atoms with Gasteiger partial charge in [-0.3, -0.25) is 4.98 Å². The van der Waals surface area contributed by atoms with Gasteiger partial charge in [-0.1, -0.05) is 11.6 Å². The van der Waals surface area contributed by atoms with Gasteiger partial charge in [0.15, 0.2) is 5.82 Å². The van der Waals surface area contributed by atoms with Crippen LogP contribution in [0.5, 0.6) is 0 Å². The maximum atomic E-state index is 6.17. The van der Waals surface area contributed by atoms with Crippen LogP contribution in [0.2, 0.25) is 5.15 Å². The van der Waals surface area contributed by atoms with Gasteiger partial charge in [0.25, 0.3) is 0 Å². The standard InChI is InChI=1S/C11H7BrClN3S/c12-7-1-6(2-14-3-7)11-15-9-5-17-4-8(9)10(13)16-11/h1-3H,4-5H2. The van der Waals surface area contributed by atoms with E-state index in [1.807, 2.05) is 17.8 Å². The maximum Gasteiger partial charge on any atom is 0.162 e. The molecule has 0 N–H and O–H groups in total. The van der Waals surface area contributed by atoms with Crippen molar-refractivity contribution in [1.29, 1.82) is 0 Å². The zero-order chi connectivity index (χ0) is 11.8. The van der Waals surface area contributed by atoms with Crippen molar-refractivity contribution < 1.29 is 0 Å². The van der Waals surface area contributed by atoms with E-state index in [1.54, 1.807) is 12.4 Å². The summed E-state index contributed by atoms with van der Waals surface area (Å²) >= 11 is 11.4. The first kappa shape index (κ1) is 11.4. The molecule has 0 aliphatic carbocycles. The third kappa shape index (κ3) is 2.19. The average Bonchev–Trinajstić information content (AvgIpc) is 2.77. The molecule has 6 heteroatoms. The summed E-state index contributed by atoms with van der Waals surface area (Å²) in [5, 5.41) is 0.565. The van der Waals surface area contributed by atoms with Crippen molar-refractivity contribution in [3.05, 3.63) is 39.3 Å². The molecule has 1 aliphatic rings. The number of hydrogen-bond donors (Lipinski definition) is 0. The number of rotatable bonds is 1. The van der Waals surface area contributed by atoms with Gasteiger partial charge in [-0.05, 0) is 22.0 Å². The van der Waals surface area contributed by atoms with Crippen LogP contribution >= 0.6 is 39.3 Å². The molecule has 0 aromatic carbocycles. The Kier molecular flexibility index (Phi) is 3.06. The zero-order valence-corrected chi connectivity index (χ0v) is 11.8. The van der Waals surface area contributed by atoms with Gasteiger partial charge in [0.05, 0.1) is 5.69 Å². The monoisotopic (exact) mass is 327 g/mol. The van der Waals surface area contributed by atoms with Crippen molar-refractivity contribution in [3.63, 3.8) is 0 Å². The molecule has 0 saturated carbocycles. The lowest BCUT2D eigenvalue weighted by molar-refractivity contribution is 1.07. The highest BCUT2D eigenvalue weighted by molar-refractivity contribution is 9.10. The molecular weight excluding hydrogens is 322 g/mol. The molecule has 0 amide bonds. The number of aromatic nitrogens is 3. The van der Waals surface area contributed by atoms with Crippen molar-refractivity contribution in [1.82, 2.24) is 15.0 Å². The second-order valence-corrected chi connectivity index (χ2v) is 5.91. The molecule has 3 nitrogen and oxygen atoms in total. The van der Waals surface area contributed by atoms with E-state index in [1.165, 1.54) is 0 Å². The quantitative estimate of drug-likeness (QED) is 0.748. The van der Waals surface area contributed by atoms with Gasteiger partial charge in [-0.25, -0.2) is 9.97 Å². The Morgan fingerprint density at radius 2 is 2.12 bits per heavy atom. The zero-order valence-electron chi connectivity index (χ0n) is 8.65. The molecule has 0 spiro atoms. The van der Waals surface area contributed by atoms with Crippen LogP contribution in [0.1, 0.15) is 11.3 Å². The molecule has 0 radical (unpaired) electrons. The maximum absolute atomic E-state index is 6.17. The third-order valence-electron chi connectivity index (χ3n) is 2.49. The number of pyridine rings is 1. The van der Waals surface area contributed by atoms with Gasteiger partial charge in [0.2, 0.25) is 0 Å². The van der Waals surface area contributed by atoms with E-state index in [2.05, 4.69) is 30.9 Å². The highest BCUT2D eigenvalue weighted by atomic mass is 79.9. The molecule has 17 heavy (non-hydrogen) atoms. The molecule has 2 aromatic heterocycles. The van der Waals surface area contributed by atoms with E-state index >= 15 is 0 Å². The van der Waals surface area contributed by atoms with Crippen LogP contribution < -0.4 is 0 Å². The van der Waals surface area contributed by atoms with E-state index in [0.717, 1.165) is 32.8 Å². The second-order valence-electron chi connectivity index (χ2n) is 3.65. The molecule has 1 aliphatic heterocycles. The average molecular weight is 329 g/mol. The van der Waals surface area contributed by atoms with Crippen LogP contribution in [0.15, 0.2) is 22.9 Å². The minimum absolute atomic E-state index is 0.565. The smallest absolute Gasteiger partial charge is 0.162 e. The van der Waals surface area contributed by atoms with Crippen molar-refractivity contribution in [3.8, 4) is 11.4 Å². The normalized spacial score (nSPS) is 13.8. The van der Waals surface area contributed by atoms with E-state index in [-0.39, 0.29) is 0 Å². The molecule has 2 aromatic rings. The summed E-state index contributed by atoms with van der Waals surface area (Å²) in [7, 11) is 0. The third-order valence-corrected chi connectivity index (χ3v) is 4.21. The molecule has 86 valence electrons. The Balaban J connectivity index is 2.13. The summed E-state index contributed by atoms with van der Waals surface area (Å²) in [4.78, 5) is 13.0. The summed E-state index contributed by atoms with van der Waals surface area (Å²) in [5.41, 5.74) is 2.99. The largest absolute Gasteiger partial charge is 0.263 e. The van der Waals surface area contributed by atoms with E-state index in [4.69, 9.17) is 11.6 Å². The summed E-state index contributed by atoms with van der Waals surface area (Å²) in [6.07, 6.45) is 3.47. The Morgan fingerprint density at radius 3 is 2.94 bits per heavy atom. The number of hydrogen-bond acceptors (Lipinski definition) is 4. The molecule has 0 bridgehead atoms. The van der Waals surface area contributed by atoms with E-state index in [0.29, 0.717) is 11.0 Å². The fourth-order valence-electron chi connectivity index (χ4n) is 1.68.